The van der Waals surface area contributed by atoms with Gasteiger partial charge in [0.05, 0.1) is 15.6 Å². The highest BCUT2D eigenvalue weighted by Gasteiger charge is 2.06. The Bertz CT molecular complexity index is 508. The second-order valence-corrected chi connectivity index (χ2v) is 4.25. The molecule has 0 saturated carbocycles. The molecule has 0 saturated heterocycles. The molecule has 1 aromatic carbocycles. The van der Waals surface area contributed by atoms with Crippen LogP contribution in [0.5, 0.6) is 0 Å². The van der Waals surface area contributed by atoms with Crippen LogP contribution in [0.3, 0.4) is 0 Å². The fourth-order valence-corrected chi connectivity index (χ4v) is 1.94. The number of hydrogen-bond donors (Lipinski definition) is 0. The van der Waals surface area contributed by atoms with Crippen LogP contribution in [0.15, 0.2) is 18.2 Å². The minimum atomic E-state index is 0.306. The molecule has 0 unspecified atom stereocenters. The number of nitrogens with zero attached hydrogens (tertiary/aromatic N) is 1. The molecular weight excluding hydrogens is 240 g/mol. The summed E-state index contributed by atoms with van der Waals surface area (Å²) in [5, 5.41) is 2.20. The number of rotatable bonds is 0. The molecule has 14 heavy (non-hydrogen) atoms. The summed E-state index contributed by atoms with van der Waals surface area (Å²) in [5.74, 6) is 0. The van der Waals surface area contributed by atoms with Crippen molar-refractivity contribution in [2.24, 2.45) is 0 Å². The Labute approximate surface area is 96.6 Å². The summed E-state index contributed by atoms with van der Waals surface area (Å²) in [6, 6.07) is 5.52. The minimum absolute atomic E-state index is 0.306. The van der Waals surface area contributed by atoms with E-state index in [1.54, 1.807) is 6.07 Å². The van der Waals surface area contributed by atoms with Crippen LogP contribution in [0.4, 0.5) is 0 Å². The summed E-state index contributed by atoms with van der Waals surface area (Å²) in [6.45, 7) is 1.95. The van der Waals surface area contributed by atoms with Crippen LogP contribution in [0, 0.1) is 6.92 Å². The van der Waals surface area contributed by atoms with Crippen LogP contribution in [0.1, 0.15) is 5.56 Å². The molecule has 1 heterocycles. The molecular formula is C10H6Cl3N. The molecule has 0 aliphatic heterocycles. The molecule has 0 radical (unpaired) electrons. The molecule has 0 N–H and O–H groups in total. The van der Waals surface area contributed by atoms with E-state index in [1.165, 1.54) is 0 Å². The number of fused-ring (bicyclic) bond motifs is 1. The van der Waals surface area contributed by atoms with E-state index in [-0.39, 0.29) is 0 Å². The maximum absolute atomic E-state index is 6.04. The first-order valence-electron chi connectivity index (χ1n) is 4.00. The van der Waals surface area contributed by atoms with Crippen LogP contribution < -0.4 is 0 Å². The zero-order chi connectivity index (χ0) is 10.3. The fourth-order valence-electron chi connectivity index (χ4n) is 1.32. The number of pyridine rings is 1. The molecule has 0 bridgehead atoms. The first-order valence-corrected chi connectivity index (χ1v) is 5.13. The largest absolute Gasteiger partial charge is 0.234 e. The molecule has 0 spiro atoms. The Balaban J connectivity index is 2.89. The van der Waals surface area contributed by atoms with Crippen LogP contribution >= 0.6 is 34.8 Å². The molecule has 4 heteroatoms. The molecule has 2 aromatic rings. The Morgan fingerprint density at radius 2 is 1.71 bits per heavy atom. The maximum Gasteiger partial charge on any atom is 0.148 e. The smallest absolute Gasteiger partial charge is 0.148 e. The van der Waals surface area contributed by atoms with Gasteiger partial charge in [-0.25, -0.2) is 4.98 Å². The highest BCUT2D eigenvalue weighted by atomic mass is 35.5. The van der Waals surface area contributed by atoms with Crippen molar-refractivity contribution in [3.05, 3.63) is 39.0 Å². The lowest BCUT2D eigenvalue weighted by atomic mass is 10.1. The van der Waals surface area contributed by atoms with E-state index in [9.17, 15) is 0 Å². The molecule has 0 aliphatic rings. The molecule has 0 fully saturated rings. The van der Waals surface area contributed by atoms with Crippen molar-refractivity contribution in [1.82, 2.24) is 4.98 Å². The summed E-state index contributed by atoms with van der Waals surface area (Å²) in [6.07, 6.45) is 0. The zero-order valence-corrected chi connectivity index (χ0v) is 9.58. The zero-order valence-electron chi connectivity index (χ0n) is 7.31. The van der Waals surface area contributed by atoms with Gasteiger partial charge in [-0.2, -0.15) is 0 Å². The molecule has 2 rings (SSSR count). The highest BCUT2D eigenvalue weighted by molar-refractivity contribution is 6.42. The van der Waals surface area contributed by atoms with Crippen LogP contribution in [0.25, 0.3) is 10.9 Å². The van der Waals surface area contributed by atoms with Gasteiger partial charge in [-0.1, -0.05) is 34.8 Å². The van der Waals surface area contributed by atoms with Gasteiger partial charge in [-0.15, -0.1) is 0 Å². The third-order valence-electron chi connectivity index (χ3n) is 1.94. The van der Waals surface area contributed by atoms with Crippen LogP contribution in [0.2, 0.25) is 15.2 Å². The Hall–Kier alpha value is -0.500. The van der Waals surface area contributed by atoms with E-state index >= 15 is 0 Å². The topological polar surface area (TPSA) is 12.9 Å². The summed E-state index contributed by atoms with van der Waals surface area (Å²) in [4.78, 5) is 4.15. The lowest BCUT2D eigenvalue weighted by molar-refractivity contribution is 1.39. The Morgan fingerprint density at radius 1 is 1.00 bits per heavy atom. The average Bonchev–Trinajstić information content (AvgIpc) is 2.08. The predicted molar refractivity (Wildman–Crippen MR) is 61.5 cm³/mol. The number of aryl methyl sites for hydroxylation is 1. The second-order valence-electron chi connectivity index (χ2n) is 3.07. The lowest BCUT2D eigenvalue weighted by Gasteiger charge is -2.03. The molecule has 0 amide bonds. The van der Waals surface area contributed by atoms with Crippen molar-refractivity contribution in [1.29, 1.82) is 0 Å². The summed E-state index contributed by atoms with van der Waals surface area (Å²) in [5.41, 5.74) is 1.82. The van der Waals surface area contributed by atoms with Gasteiger partial charge in [0.25, 0.3) is 0 Å². The van der Waals surface area contributed by atoms with Gasteiger partial charge >= 0.3 is 0 Å². The van der Waals surface area contributed by atoms with Gasteiger partial charge in [-0.3, -0.25) is 0 Å². The third-order valence-corrected chi connectivity index (χ3v) is 2.92. The van der Waals surface area contributed by atoms with Gasteiger partial charge in [0.1, 0.15) is 5.15 Å². The van der Waals surface area contributed by atoms with E-state index in [0.29, 0.717) is 15.2 Å². The summed E-state index contributed by atoms with van der Waals surface area (Å²) >= 11 is 17.7. The van der Waals surface area contributed by atoms with E-state index < -0.39 is 0 Å². The number of benzene rings is 1. The van der Waals surface area contributed by atoms with Crippen molar-refractivity contribution in [3.63, 3.8) is 0 Å². The van der Waals surface area contributed by atoms with Gasteiger partial charge < -0.3 is 0 Å². The quantitative estimate of drug-likeness (QED) is 0.624. The maximum atomic E-state index is 6.04. The number of aromatic nitrogens is 1. The normalized spacial score (nSPS) is 10.9. The molecule has 0 atom stereocenters. The van der Waals surface area contributed by atoms with Gasteiger partial charge in [0, 0.05) is 5.39 Å². The molecule has 72 valence electrons. The monoisotopic (exact) mass is 245 g/mol. The van der Waals surface area contributed by atoms with Gasteiger partial charge in [0.15, 0.2) is 0 Å². The lowest BCUT2D eigenvalue weighted by Crippen LogP contribution is -1.84. The van der Waals surface area contributed by atoms with E-state index in [4.69, 9.17) is 34.8 Å². The summed E-state index contributed by atoms with van der Waals surface area (Å²) < 4.78 is 0. The third kappa shape index (κ3) is 1.68. The van der Waals surface area contributed by atoms with Crippen molar-refractivity contribution < 1.29 is 0 Å². The average molecular weight is 247 g/mol. The standard InChI is InChI=1S/C10H6Cl3N/c1-5-2-7(11)6-4-8(12)10(13)14-9(6)3-5/h2-4H,1H3. The predicted octanol–water partition coefficient (Wildman–Crippen LogP) is 4.50. The summed E-state index contributed by atoms with van der Waals surface area (Å²) in [7, 11) is 0. The van der Waals surface area contributed by atoms with Crippen molar-refractivity contribution in [2.45, 2.75) is 6.92 Å². The van der Waals surface area contributed by atoms with Crippen LogP contribution in [-0.2, 0) is 0 Å². The first-order chi connectivity index (χ1) is 6.58. The van der Waals surface area contributed by atoms with E-state index in [2.05, 4.69) is 4.98 Å². The molecule has 1 aromatic heterocycles. The van der Waals surface area contributed by atoms with E-state index in [0.717, 1.165) is 16.5 Å². The first kappa shape index (κ1) is 10.0. The van der Waals surface area contributed by atoms with Crippen molar-refractivity contribution in [3.8, 4) is 0 Å². The number of halogens is 3. The Morgan fingerprint density at radius 3 is 2.43 bits per heavy atom. The molecule has 1 nitrogen and oxygen atoms in total. The number of hydrogen-bond acceptors (Lipinski definition) is 1. The SMILES string of the molecule is Cc1cc(Cl)c2cc(Cl)c(Cl)nc2c1. The Kier molecular flexibility index (Phi) is 2.56. The highest BCUT2D eigenvalue weighted by Crippen LogP contribution is 2.29. The molecule has 0 aliphatic carbocycles. The van der Waals surface area contributed by atoms with Crippen molar-refractivity contribution >= 4 is 45.7 Å². The van der Waals surface area contributed by atoms with Gasteiger partial charge in [0.2, 0.25) is 0 Å². The van der Waals surface area contributed by atoms with Gasteiger partial charge in [-0.05, 0) is 30.7 Å². The fraction of sp³-hybridized carbons (Fsp3) is 0.100. The van der Waals surface area contributed by atoms with Crippen molar-refractivity contribution in [2.75, 3.05) is 0 Å². The second kappa shape index (κ2) is 3.58. The minimum Gasteiger partial charge on any atom is -0.234 e. The van der Waals surface area contributed by atoms with Crippen LogP contribution in [-0.4, -0.2) is 4.98 Å². The van der Waals surface area contributed by atoms with E-state index in [1.807, 2.05) is 19.1 Å².